The molecule has 1 aromatic heterocycles. The fourth-order valence-electron chi connectivity index (χ4n) is 4.84. The Labute approximate surface area is 166 Å². The van der Waals surface area contributed by atoms with Crippen molar-refractivity contribution in [2.75, 3.05) is 26.2 Å². The molecular weight excluding hydrogens is 352 g/mol. The Morgan fingerprint density at radius 1 is 0.964 bits per heavy atom. The molecule has 28 heavy (non-hydrogen) atoms. The van der Waals surface area contributed by atoms with Crippen molar-refractivity contribution in [2.45, 2.75) is 38.8 Å². The lowest BCUT2D eigenvalue weighted by Gasteiger charge is -2.48. The molecule has 1 atom stereocenters. The summed E-state index contributed by atoms with van der Waals surface area (Å²) in [6, 6.07) is 10.7. The van der Waals surface area contributed by atoms with Crippen molar-refractivity contribution in [3.8, 4) is 0 Å². The topological polar surface area (TPSA) is 69.6 Å². The Morgan fingerprint density at radius 3 is 2.25 bits per heavy atom. The summed E-state index contributed by atoms with van der Waals surface area (Å²) in [4.78, 5) is 24.3. The van der Waals surface area contributed by atoms with Gasteiger partial charge in [0.2, 0.25) is 0 Å². The first-order valence-electron chi connectivity index (χ1n) is 10.1. The smallest absolute Gasteiger partial charge is 0.356 e. The molecule has 4 rings (SSSR count). The minimum absolute atomic E-state index is 0.00250. The van der Waals surface area contributed by atoms with Crippen molar-refractivity contribution in [3.05, 3.63) is 59.7 Å². The first-order chi connectivity index (χ1) is 13.6. The third-order valence-corrected chi connectivity index (χ3v) is 6.04. The van der Waals surface area contributed by atoms with Gasteiger partial charge in [0, 0.05) is 26.2 Å². The number of likely N-dealkylation sites (tertiary alicyclic amines) is 2. The summed E-state index contributed by atoms with van der Waals surface area (Å²) < 4.78 is 0. The molecule has 3 heterocycles. The molecule has 148 valence electrons. The minimum Gasteiger partial charge on any atom is -0.476 e. The van der Waals surface area contributed by atoms with Gasteiger partial charge in [0.1, 0.15) is 0 Å². The predicted octanol–water partition coefficient (Wildman–Crippen LogP) is 3.05. The lowest BCUT2D eigenvalue weighted by molar-refractivity contribution is 0.00732. The van der Waals surface area contributed by atoms with Crippen molar-refractivity contribution in [1.82, 2.24) is 19.8 Å². The van der Waals surface area contributed by atoms with E-state index in [1.165, 1.54) is 44.0 Å². The average Bonchev–Trinajstić information content (AvgIpc) is 2.69. The Hall–Kier alpha value is -2.31. The summed E-state index contributed by atoms with van der Waals surface area (Å²) in [5.41, 5.74) is 2.60. The lowest BCUT2D eigenvalue weighted by atomic mass is 9.73. The van der Waals surface area contributed by atoms with Crippen molar-refractivity contribution < 1.29 is 9.90 Å². The fourth-order valence-corrected chi connectivity index (χ4v) is 4.84. The van der Waals surface area contributed by atoms with Crippen molar-refractivity contribution in [3.63, 3.8) is 0 Å². The van der Waals surface area contributed by atoms with Crippen LogP contribution in [0.4, 0.5) is 0 Å². The maximum atomic E-state index is 10.9. The first kappa shape index (κ1) is 19.0. The van der Waals surface area contributed by atoms with Crippen LogP contribution in [0.25, 0.3) is 0 Å². The highest BCUT2D eigenvalue weighted by Gasteiger charge is 2.39. The molecule has 2 saturated heterocycles. The Bertz CT molecular complexity index is 792. The molecule has 1 spiro atoms. The highest BCUT2D eigenvalue weighted by atomic mass is 16.4. The number of carbonyl (C=O) groups is 1. The molecule has 2 aliphatic rings. The van der Waals surface area contributed by atoms with Crippen LogP contribution in [0, 0.1) is 5.41 Å². The fraction of sp³-hybridized carbons (Fsp3) is 0.500. The number of carboxylic acids is 1. The largest absolute Gasteiger partial charge is 0.476 e. The molecule has 0 radical (unpaired) electrons. The zero-order valence-electron chi connectivity index (χ0n) is 16.3. The SMILES string of the molecule is O=C(O)c1cnc(CN2CCCC3(CCCN(Cc4ccccc4)C3)C2)cn1. The summed E-state index contributed by atoms with van der Waals surface area (Å²) in [5.74, 6) is -1.03. The van der Waals surface area contributed by atoms with Gasteiger partial charge in [0.25, 0.3) is 0 Å². The number of aromatic nitrogens is 2. The molecule has 1 N–H and O–H groups in total. The zero-order chi connectivity index (χ0) is 19.4. The number of benzene rings is 1. The van der Waals surface area contributed by atoms with E-state index < -0.39 is 5.97 Å². The molecule has 1 aromatic carbocycles. The monoisotopic (exact) mass is 380 g/mol. The van der Waals surface area contributed by atoms with E-state index in [1.807, 2.05) is 0 Å². The van der Waals surface area contributed by atoms with Gasteiger partial charge in [0.05, 0.1) is 18.1 Å². The molecule has 2 aliphatic heterocycles. The van der Waals surface area contributed by atoms with Gasteiger partial charge in [-0.25, -0.2) is 9.78 Å². The lowest BCUT2D eigenvalue weighted by Crippen LogP contribution is -2.51. The molecule has 2 aromatic rings. The van der Waals surface area contributed by atoms with E-state index in [1.54, 1.807) is 6.20 Å². The minimum atomic E-state index is -1.03. The second-order valence-electron chi connectivity index (χ2n) is 8.31. The molecule has 0 saturated carbocycles. The number of nitrogens with zero attached hydrogens (tertiary/aromatic N) is 4. The van der Waals surface area contributed by atoms with Gasteiger partial charge in [-0.15, -0.1) is 0 Å². The number of hydrogen-bond donors (Lipinski definition) is 1. The van der Waals surface area contributed by atoms with Crippen LogP contribution in [0.3, 0.4) is 0 Å². The van der Waals surface area contributed by atoms with Gasteiger partial charge in [-0.3, -0.25) is 14.8 Å². The van der Waals surface area contributed by atoms with Crippen LogP contribution in [0.15, 0.2) is 42.7 Å². The highest BCUT2D eigenvalue weighted by molar-refractivity contribution is 5.84. The number of piperidine rings is 2. The Kier molecular flexibility index (Phi) is 5.69. The molecule has 0 bridgehead atoms. The van der Waals surface area contributed by atoms with Crippen LogP contribution in [0.1, 0.15) is 47.4 Å². The molecule has 2 fully saturated rings. The summed E-state index contributed by atoms with van der Waals surface area (Å²) in [6.07, 6.45) is 8.01. The molecule has 0 amide bonds. The van der Waals surface area contributed by atoms with Gasteiger partial charge in [-0.1, -0.05) is 30.3 Å². The van der Waals surface area contributed by atoms with Crippen LogP contribution in [-0.4, -0.2) is 57.0 Å². The second-order valence-corrected chi connectivity index (χ2v) is 8.31. The maximum absolute atomic E-state index is 10.9. The van der Waals surface area contributed by atoms with Crippen molar-refractivity contribution in [1.29, 1.82) is 0 Å². The predicted molar refractivity (Wildman–Crippen MR) is 107 cm³/mol. The van der Waals surface area contributed by atoms with E-state index in [-0.39, 0.29) is 5.69 Å². The normalized spacial score (nSPS) is 23.7. The summed E-state index contributed by atoms with van der Waals surface area (Å²) in [7, 11) is 0. The number of hydrogen-bond acceptors (Lipinski definition) is 5. The zero-order valence-corrected chi connectivity index (χ0v) is 16.3. The van der Waals surface area contributed by atoms with Gasteiger partial charge in [0.15, 0.2) is 5.69 Å². The van der Waals surface area contributed by atoms with Gasteiger partial charge < -0.3 is 5.11 Å². The van der Waals surface area contributed by atoms with Crippen LogP contribution < -0.4 is 0 Å². The van der Waals surface area contributed by atoms with Crippen LogP contribution in [0.5, 0.6) is 0 Å². The van der Waals surface area contributed by atoms with E-state index in [2.05, 4.69) is 50.1 Å². The van der Waals surface area contributed by atoms with Crippen molar-refractivity contribution in [2.24, 2.45) is 5.41 Å². The van der Waals surface area contributed by atoms with E-state index in [0.717, 1.165) is 38.4 Å². The quantitative estimate of drug-likeness (QED) is 0.860. The highest BCUT2D eigenvalue weighted by Crippen LogP contribution is 2.39. The van der Waals surface area contributed by atoms with Crippen LogP contribution in [-0.2, 0) is 13.1 Å². The molecule has 0 aliphatic carbocycles. The van der Waals surface area contributed by atoms with E-state index in [4.69, 9.17) is 5.11 Å². The number of aromatic carboxylic acids is 1. The van der Waals surface area contributed by atoms with Crippen LogP contribution >= 0.6 is 0 Å². The molecule has 6 heteroatoms. The van der Waals surface area contributed by atoms with Crippen molar-refractivity contribution >= 4 is 5.97 Å². The summed E-state index contributed by atoms with van der Waals surface area (Å²) >= 11 is 0. The van der Waals surface area contributed by atoms with Crippen LogP contribution in [0.2, 0.25) is 0 Å². The van der Waals surface area contributed by atoms with E-state index in [9.17, 15) is 4.79 Å². The Morgan fingerprint density at radius 2 is 1.64 bits per heavy atom. The average molecular weight is 380 g/mol. The third kappa shape index (κ3) is 4.56. The third-order valence-electron chi connectivity index (χ3n) is 6.04. The molecule has 6 nitrogen and oxygen atoms in total. The number of rotatable bonds is 5. The van der Waals surface area contributed by atoms with E-state index >= 15 is 0 Å². The molecular formula is C22H28N4O2. The van der Waals surface area contributed by atoms with Gasteiger partial charge >= 0.3 is 5.97 Å². The second kappa shape index (κ2) is 8.37. The summed E-state index contributed by atoms with van der Waals surface area (Å²) in [6.45, 7) is 6.27. The maximum Gasteiger partial charge on any atom is 0.356 e. The standard InChI is InChI=1S/C22H28N4O2/c27-21(28)20-13-23-19(12-24-20)15-26-11-5-9-22(17-26)8-4-10-25(16-22)14-18-6-2-1-3-7-18/h1-3,6-7,12-13H,4-5,8-11,14-17H2,(H,27,28). The first-order valence-corrected chi connectivity index (χ1v) is 10.1. The van der Waals surface area contributed by atoms with Gasteiger partial charge in [-0.2, -0.15) is 0 Å². The molecule has 1 unspecified atom stereocenters. The number of carboxylic acid groups (broad SMARTS) is 1. The Balaban J connectivity index is 1.38. The van der Waals surface area contributed by atoms with Gasteiger partial charge in [-0.05, 0) is 49.8 Å². The summed E-state index contributed by atoms with van der Waals surface area (Å²) in [5, 5.41) is 8.98. The van der Waals surface area contributed by atoms with E-state index in [0.29, 0.717) is 5.41 Å².